The SMILES string of the molecule is CCNC(=NCc1ccc(O)c(OCC)c1)NC(C)c1ccc(OC)c(F)c1. The number of phenolic OH excluding ortho intramolecular Hbond substituents is 1. The van der Waals surface area contributed by atoms with Gasteiger partial charge in [0.2, 0.25) is 0 Å². The second-order valence-electron chi connectivity index (χ2n) is 6.19. The third kappa shape index (κ3) is 5.77. The third-order valence-electron chi connectivity index (χ3n) is 4.12. The van der Waals surface area contributed by atoms with Crippen LogP contribution < -0.4 is 20.1 Å². The van der Waals surface area contributed by atoms with Crippen LogP contribution in [0.2, 0.25) is 0 Å². The first-order chi connectivity index (χ1) is 13.5. The Labute approximate surface area is 165 Å². The molecule has 2 aromatic rings. The van der Waals surface area contributed by atoms with Crippen molar-refractivity contribution in [3.63, 3.8) is 0 Å². The summed E-state index contributed by atoms with van der Waals surface area (Å²) >= 11 is 0. The molecular formula is C21H28FN3O3. The highest BCUT2D eigenvalue weighted by atomic mass is 19.1. The van der Waals surface area contributed by atoms with Crippen LogP contribution in [0.5, 0.6) is 17.2 Å². The largest absolute Gasteiger partial charge is 0.504 e. The first kappa shape index (κ1) is 21.3. The molecule has 2 rings (SSSR count). The molecule has 0 aliphatic heterocycles. The topological polar surface area (TPSA) is 75.1 Å². The lowest BCUT2D eigenvalue weighted by molar-refractivity contribution is 0.318. The lowest BCUT2D eigenvalue weighted by atomic mass is 10.1. The summed E-state index contributed by atoms with van der Waals surface area (Å²) < 4.78 is 24.3. The van der Waals surface area contributed by atoms with E-state index in [0.29, 0.717) is 31.4 Å². The van der Waals surface area contributed by atoms with Crippen LogP contribution in [0.3, 0.4) is 0 Å². The van der Waals surface area contributed by atoms with Crippen LogP contribution in [0.25, 0.3) is 0 Å². The molecule has 7 heteroatoms. The number of nitrogens with one attached hydrogen (secondary N) is 2. The van der Waals surface area contributed by atoms with Crippen molar-refractivity contribution in [2.45, 2.75) is 33.4 Å². The molecule has 6 nitrogen and oxygen atoms in total. The van der Waals surface area contributed by atoms with Gasteiger partial charge < -0.3 is 25.2 Å². The number of benzene rings is 2. The molecule has 2 aromatic carbocycles. The van der Waals surface area contributed by atoms with Crippen LogP contribution in [-0.4, -0.2) is 31.3 Å². The molecule has 1 unspecified atom stereocenters. The van der Waals surface area contributed by atoms with Crippen LogP contribution in [0, 0.1) is 5.82 Å². The van der Waals surface area contributed by atoms with Gasteiger partial charge in [0, 0.05) is 6.54 Å². The first-order valence-corrected chi connectivity index (χ1v) is 9.31. The van der Waals surface area contributed by atoms with E-state index in [1.54, 1.807) is 24.3 Å². The first-order valence-electron chi connectivity index (χ1n) is 9.31. The molecule has 0 aromatic heterocycles. The molecule has 152 valence electrons. The van der Waals surface area contributed by atoms with Crippen LogP contribution >= 0.6 is 0 Å². The minimum atomic E-state index is -0.400. The van der Waals surface area contributed by atoms with E-state index in [-0.39, 0.29) is 17.5 Å². The number of ether oxygens (including phenoxy) is 2. The van der Waals surface area contributed by atoms with E-state index in [1.165, 1.54) is 13.2 Å². The summed E-state index contributed by atoms with van der Waals surface area (Å²) in [5, 5.41) is 16.3. The fourth-order valence-electron chi connectivity index (χ4n) is 2.66. The van der Waals surface area contributed by atoms with E-state index in [2.05, 4.69) is 15.6 Å². The molecule has 0 aliphatic carbocycles. The number of phenols is 1. The number of methoxy groups -OCH3 is 1. The van der Waals surface area contributed by atoms with Gasteiger partial charge in [-0.25, -0.2) is 9.38 Å². The Bertz CT molecular complexity index is 811. The molecule has 0 bridgehead atoms. The second-order valence-corrected chi connectivity index (χ2v) is 6.19. The minimum Gasteiger partial charge on any atom is -0.504 e. The number of hydrogen-bond acceptors (Lipinski definition) is 4. The van der Waals surface area contributed by atoms with Crippen LogP contribution in [0.1, 0.15) is 37.9 Å². The molecule has 0 saturated heterocycles. The summed E-state index contributed by atoms with van der Waals surface area (Å²) in [5.74, 6) is 0.972. The van der Waals surface area contributed by atoms with Crippen molar-refractivity contribution in [3.8, 4) is 17.2 Å². The fourth-order valence-corrected chi connectivity index (χ4v) is 2.66. The molecule has 0 fully saturated rings. The van der Waals surface area contributed by atoms with Crippen molar-refractivity contribution in [3.05, 3.63) is 53.3 Å². The Morgan fingerprint density at radius 1 is 1.18 bits per heavy atom. The van der Waals surface area contributed by atoms with Crippen molar-refractivity contribution in [1.29, 1.82) is 0 Å². The van der Waals surface area contributed by atoms with Gasteiger partial charge in [0.05, 0.1) is 26.3 Å². The van der Waals surface area contributed by atoms with Gasteiger partial charge in [-0.3, -0.25) is 0 Å². The van der Waals surface area contributed by atoms with Gasteiger partial charge >= 0.3 is 0 Å². The second kappa shape index (κ2) is 10.4. The van der Waals surface area contributed by atoms with Crippen molar-refractivity contribution >= 4 is 5.96 Å². The summed E-state index contributed by atoms with van der Waals surface area (Å²) in [5.41, 5.74) is 1.69. The van der Waals surface area contributed by atoms with E-state index in [9.17, 15) is 9.50 Å². The number of aromatic hydroxyl groups is 1. The average molecular weight is 389 g/mol. The van der Waals surface area contributed by atoms with Gasteiger partial charge in [-0.15, -0.1) is 0 Å². The lowest BCUT2D eigenvalue weighted by Gasteiger charge is -2.19. The van der Waals surface area contributed by atoms with Gasteiger partial charge in [-0.2, -0.15) is 0 Å². The molecule has 0 radical (unpaired) electrons. The number of guanidine groups is 1. The highest BCUT2D eigenvalue weighted by Gasteiger charge is 2.11. The van der Waals surface area contributed by atoms with E-state index in [4.69, 9.17) is 9.47 Å². The Balaban J connectivity index is 2.11. The molecular weight excluding hydrogens is 361 g/mol. The normalized spacial score (nSPS) is 12.4. The van der Waals surface area contributed by atoms with Gasteiger partial charge in [0.25, 0.3) is 0 Å². The number of nitrogens with zero attached hydrogens (tertiary/aromatic N) is 1. The Kier molecular flexibility index (Phi) is 7.92. The monoisotopic (exact) mass is 389 g/mol. The van der Waals surface area contributed by atoms with Crippen molar-refractivity contribution in [2.75, 3.05) is 20.3 Å². The van der Waals surface area contributed by atoms with Crippen molar-refractivity contribution < 1.29 is 19.0 Å². The predicted octanol–water partition coefficient (Wildman–Crippen LogP) is 3.75. The number of halogens is 1. The molecule has 0 aliphatic rings. The molecule has 3 N–H and O–H groups in total. The summed E-state index contributed by atoms with van der Waals surface area (Å²) in [6.07, 6.45) is 0. The van der Waals surface area contributed by atoms with E-state index >= 15 is 0 Å². The quantitative estimate of drug-likeness (QED) is 0.474. The van der Waals surface area contributed by atoms with Gasteiger partial charge in [0.15, 0.2) is 29.0 Å². The zero-order valence-electron chi connectivity index (χ0n) is 16.8. The molecule has 28 heavy (non-hydrogen) atoms. The van der Waals surface area contributed by atoms with Crippen molar-refractivity contribution in [1.82, 2.24) is 10.6 Å². The van der Waals surface area contributed by atoms with Gasteiger partial charge in [0.1, 0.15) is 0 Å². The summed E-state index contributed by atoms with van der Waals surface area (Å²) in [4.78, 5) is 4.58. The molecule has 0 saturated carbocycles. The van der Waals surface area contributed by atoms with Crippen LogP contribution in [0.15, 0.2) is 41.4 Å². The molecule has 1 atom stereocenters. The summed E-state index contributed by atoms with van der Waals surface area (Å²) in [6.45, 7) is 7.33. The predicted molar refractivity (Wildman–Crippen MR) is 109 cm³/mol. The Hall–Kier alpha value is -2.96. The molecule has 0 heterocycles. The Morgan fingerprint density at radius 2 is 1.96 bits per heavy atom. The lowest BCUT2D eigenvalue weighted by Crippen LogP contribution is -2.38. The van der Waals surface area contributed by atoms with Gasteiger partial charge in [-0.05, 0) is 56.2 Å². The Morgan fingerprint density at radius 3 is 2.61 bits per heavy atom. The highest BCUT2D eigenvalue weighted by molar-refractivity contribution is 5.80. The van der Waals surface area contributed by atoms with E-state index in [1.807, 2.05) is 26.8 Å². The van der Waals surface area contributed by atoms with E-state index in [0.717, 1.165) is 11.1 Å². The summed E-state index contributed by atoms with van der Waals surface area (Å²) in [6, 6.07) is 9.89. The standard InChI is InChI=1S/C21H28FN3O3/c1-5-23-21(24-13-15-7-9-18(26)20(11-15)28-6-2)25-14(3)16-8-10-19(27-4)17(22)12-16/h7-12,14,26H,5-6,13H2,1-4H3,(H2,23,24,25). The van der Waals surface area contributed by atoms with Crippen LogP contribution in [-0.2, 0) is 6.54 Å². The maximum atomic E-state index is 14.0. The van der Waals surface area contributed by atoms with Crippen LogP contribution in [0.4, 0.5) is 4.39 Å². The minimum absolute atomic E-state index is 0.106. The van der Waals surface area contributed by atoms with Gasteiger partial charge in [-0.1, -0.05) is 12.1 Å². The van der Waals surface area contributed by atoms with Crippen molar-refractivity contribution in [2.24, 2.45) is 4.99 Å². The smallest absolute Gasteiger partial charge is 0.192 e. The highest BCUT2D eigenvalue weighted by Crippen LogP contribution is 2.27. The van der Waals surface area contributed by atoms with E-state index < -0.39 is 5.82 Å². The molecule has 0 amide bonds. The third-order valence-corrected chi connectivity index (χ3v) is 4.12. The molecule has 0 spiro atoms. The fraction of sp³-hybridized carbons (Fsp3) is 0.381. The number of rotatable bonds is 8. The number of aliphatic imine (C=N–C) groups is 1. The maximum absolute atomic E-state index is 14.0. The maximum Gasteiger partial charge on any atom is 0.192 e. The number of hydrogen-bond donors (Lipinski definition) is 3. The zero-order chi connectivity index (χ0) is 20.5. The average Bonchev–Trinajstić information content (AvgIpc) is 2.68. The zero-order valence-corrected chi connectivity index (χ0v) is 16.8. The summed E-state index contributed by atoms with van der Waals surface area (Å²) in [7, 11) is 1.44.